The summed E-state index contributed by atoms with van der Waals surface area (Å²) >= 11 is 0. The third-order valence-electron chi connectivity index (χ3n) is 4.20. The molecule has 1 aliphatic rings. The van der Waals surface area contributed by atoms with Crippen LogP contribution in [0.25, 0.3) is 0 Å². The van der Waals surface area contributed by atoms with Crippen molar-refractivity contribution >= 4 is 6.03 Å². The summed E-state index contributed by atoms with van der Waals surface area (Å²) in [6, 6.07) is 7.41. The summed E-state index contributed by atoms with van der Waals surface area (Å²) in [5.41, 5.74) is 1.74. The van der Waals surface area contributed by atoms with Gasteiger partial charge in [0.25, 0.3) is 0 Å². The number of aryl methyl sites for hydroxylation is 1. The minimum Gasteiger partial charge on any atom is -0.376 e. The molecule has 2 heterocycles. The number of ether oxygens (including phenoxy) is 1. The normalized spacial score (nSPS) is 18.3. The van der Waals surface area contributed by atoms with Gasteiger partial charge in [-0.15, -0.1) is 0 Å². The first-order valence-corrected chi connectivity index (χ1v) is 8.02. The number of halogens is 1. The summed E-state index contributed by atoms with van der Waals surface area (Å²) in [7, 11) is 1.82. The van der Waals surface area contributed by atoms with Crippen LogP contribution in [0.1, 0.15) is 30.1 Å². The van der Waals surface area contributed by atoms with Crippen LogP contribution in [0, 0.1) is 5.82 Å². The minimum absolute atomic E-state index is 0.0992. The molecule has 6 nitrogen and oxygen atoms in total. The Morgan fingerprint density at radius 1 is 1.42 bits per heavy atom. The van der Waals surface area contributed by atoms with E-state index in [1.807, 2.05) is 13.1 Å². The third-order valence-corrected chi connectivity index (χ3v) is 4.20. The van der Waals surface area contributed by atoms with Crippen molar-refractivity contribution in [1.29, 1.82) is 0 Å². The third kappa shape index (κ3) is 3.91. The molecule has 1 saturated heterocycles. The Hall–Kier alpha value is -2.41. The highest BCUT2D eigenvalue weighted by atomic mass is 19.1. The number of hydrogen-bond acceptors (Lipinski definition) is 3. The van der Waals surface area contributed by atoms with Crippen LogP contribution in [0.15, 0.2) is 36.5 Å². The number of benzene rings is 1. The van der Waals surface area contributed by atoms with Gasteiger partial charge in [-0.3, -0.25) is 4.68 Å². The molecule has 2 unspecified atom stereocenters. The van der Waals surface area contributed by atoms with E-state index in [9.17, 15) is 9.18 Å². The highest BCUT2D eigenvalue weighted by Crippen LogP contribution is 2.27. The fourth-order valence-corrected chi connectivity index (χ4v) is 2.86. The van der Waals surface area contributed by atoms with Gasteiger partial charge in [0.2, 0.25) is 0 Å². The summed E-state index contributed by atoms with van der Waals surface area (Å²) in [5, 5.41) is 9.83. The summed E-state index contributed by atoms with van der Waals surface area (Å²) in [6.07, 6.45) is 3.41. The zero-order chi connectivity index (χ0) is 16.9. The van der Waals surface area contributed by atoms with Gasteiger partial charge in [-0.05, 0) is 36.6 Å². The van der Waals surface area contributed by atoms with Gasteiger partial charge in [0.1, 0.15) is 5.82 Å². The lowest BCUT2D eigenvalue weighted by atomic mass is 9.99. The van der Waals surface area contributed by atoms with E-state index in [2.05, 4.69) is 15.7 Å². The van der Waals surface area contributed by atoms with Crippen LogP contribution in [0.2, 0.25) is 0 Å². The molecule has 0 spiro atoms. The van der Waals surface area contributed by atoms with E-state index in [4.69, 9.17) is 4.74 Å². The maximum atomic E-state index is 13.2. The van der Waals surface area contributed by atoms with E-state index in [1.54, 1.807) is 23.0 Å². The molecule has 0 aliphatic carbocycles. The standard InChI is InChI=1S/C17H21FN4O2/c1-22-14(8-9-20-22)11-19-17(23)21-16(15-3-2-10-24-15)12-4-6-13(18)7-5-12/h4-9,15-16H,2-3,10-11H2,1H3,(H2,19,21,23). The number of urea groups is 1. The minimum atomic E-state index is -0.306. The summed E-state index contributed by atoms with van der Waals surface area (Å²) in [4.78, 5) is 12.3. The van der Waals surface area contributed by atoms with Gasteiger partial charge in [0.15, 0.2) is 0 Å². The van der Waals surface area contributed by atoms with E-state index in [0.29, 0.717) is 13.2 Å². The Morgan fingerprint density at radius 2 is 2.21 bits per heavy atom. The van der Waals surface area contributed by atoms with Gasteiger partial charge in [-0.2, -0.15) is 5.10 Å². The highest BCUT2D eigenvalue weighted by Gasteiger charge is 2.28. The van der Waals surface area contributed by atoms with Gasteiger partial charge in [-0.25, -0.2) is 9.18 Å². The van der Waals surface area contributed by atoms with Crippen LogP contribution < -0.4 is 10.6 Å². The van der Waals surface area contributed by atoms with E-state index < -0.39 is 0 Å². The second-order valence-corrected chi connectivity index (χ2v) is 5.85. The lowest BCUT2D eigenvalue weighted by molar-refractivity contribution is 0.0807. The number of hydrogen-bond donors (Lipinski definition) is 2. The van der Waals surface area contributed by atoms with Gasteiger partial charge in [0.05, 0.1) is 24.4 Å². The van der Waals surface area contributed by atoms with E-state index in [1.165, 1.54) is 12.1 Å². The fraction of sp³-hybridized carbons (Fsp3) is 0.412. The van der Waals surface area contributed by atoms with Crippen LogP contribution in [0.3, 0.4) is 0 Å². The molecule has 7 heteroatoms. The molecule has 2 N–H and O–H groups in total. The molecule has 1 aromatic heterocycles. The molecule has 0 radical (unpaired) electrons. The Balaban J connectivity index is 1.65. The van der Waals surface area contributed by atoms with Gasteiger partial charge >= 0.3 is 6.03 Å². The Morgan fingerprint density at radius 3 is 2.83 bits per heavy atom. The number of rotatable bonds is 5. The second kappa shape index (κ2) is 7.44. The Bertz CT molecular complexity index is 680. The topological polar surface area (TPSA) is 68.2 Å². The van der Waals surface area contributed by atoms with Crippen LogP contribution in [0.5, 0.6) is 0 Å². The average molecular weight is 332 g/mol. The number of amides is 2. The number of nitrogens with zero attached hydrogens (tertiary/aromatic N) is 2. The van der Waals surface area contributed by atoms with Crippen molar-refractivity contribution in [3.05, 3.63) is 53.6 Å². The van der Waals surface area contributed by atoms with Gasteiger partial charge in [-0.1, -0.05) is 12.1 Å². The second-order valence-electron chi connectivity index (χ2n) is 5.85. The molecular weight excluding hydrogens is 311 g/mol. The smallest absolute Gasteiger partial charge is 0.315 e. The molecule has 2 amide bonds. The molecule has 2 atom stereocenters. The molecule has 0 bridgehead atoms. The van der Waals surface area contributed by atoms with Crippen LogP contribution in [0.4, 0.5) is 9.18 Å². The van der Waals surface area contributed by atoms with Gasteiger partial charge in [0, 0.05) is 19.9 Å². The quantitative estimate of drug-likeness (QED) is 0.883. The van der Waals surface area contributed by atoms with E-state index in [0.717, 1.165) is 24.1 Å². The predicted octanol–water partition coefficient (Wildman–Crippen LogP) is 2.28. The van der Waals surface area contributed by atoms with Crippen molar-refractivity contribution in [3.63, 3.8) is 0 Å². The average Bonchev–Trinajstić information content (AvgIpc) is 3.23. The Kier molecular flexibility index (Phi) is 5.10. The molecule has 2 aromatic rings. The van der Waals surface area contributed by atoms with Crippen molar-refractivity contribution in [1.82, 2.24) is 20.4 Å². The number of aromatic nitrogens is 2. The van der Waals surface area contributed by atoms with E-state index >= 15 is 0 Å². The molecular formula is C17H21FN4O2. The van der Waals surface area contributed by atoms with Crippen molar-refractivity contribution < 1.29 is 13.9 Å². The first kappa shape index (κ1) is 16.4. The first-order chi connectivity index (χ1) is 11.6. The molecule has 24 heavy (non-hydrogen) atoms. The zero-order valence-corrected chi connectivity index (χ0v) is 13.5. The lowest BCUT2D eigenvalue weighted by Crippen LogP contribution is -2.42. The van der Waals surface area contributed by atoms with Crippen LogP contribution in [-0.2, 0) is 18.3 Å². The summed E-state index contributed by atoms with van der Waals surface area (Å²) < 4.78 is 20.6. The van der Waals surface area contributed by atoms with Crippen molar-refractivity contribution in [2.45, 2.75) is 31.5 Å². The van der Waals surface area contributed by atoms with Crippen LogP contribution >= 0.6 is 0 Å². The maximum absolute atomic E-state index is 13.2. The molecule has 1 fully saturated rings. The summed E-state index contributed by atoms with van der Waals surface area (Å²) in [6.45, 7) is 1.06. The fourth-order valence-electron chi connectivity index (χ4n) is 2.86. The van der Waals surface area contributed by atoms with Crippen LogP contribution in [-0.4, -0.2) is 28.5 Å². The number of carbonyl (C=O) groups excluding carboxylic acids is 1. The Labute approximate surface area is 140 Å². The zero-order valence-electron chi connectivity index (χ0n) is 13.5. The largest absolute Gasteiger partial charge is 0.376 e. The highest BCUT2D eigenvalue weighted by molar-refractivity contribution is 5.74. The monoisotopic (exact) mass is 332 g/mol. The first-order valence-electron chi connectivity index (χ1n) is 8.02. The summed E-state index contributed by atoms with van der Waals surface area (Å²) in [5.74, 6) is -0.300. The molecule has 1 aromatic carbocycles. The SMILES string of the molecule is Cn1nccc1CNC(=O)NC(c1ccc(F)cc1)C1CCCO1. The van der Waals surface area contributed by atoms with Gasteiger partial charge < -0.3 is 15.4 Å². The molecule has 128 valence electrons. The van der Waals surface area contributed by atoms with Crippen molar-refractivity contribution in [2.24, 2.45) is 7.05 Å². The number of nitrogens with one attached hydrogen (secondary N) is 2. The molecule has 3 rings (SSSR count). The predicted molar refractivity (Wildman–Crippen MR) is 86.7 cm³/mol. The molecule has 1 aliphatic heterocycles. The van der Waals surface area contributed by atoms with Crippen molar-refractivity contribution in [3.8, 4) is 0 Å². The lowest BCUT2D eigenvalue weighted by Gasteiger charge is -2.25. The molecule has 0 saturated carbocycles. The number of carbonyl (C=O) groups is 1. The maximum Gasteiger partial charge on any atom is 0.315 e. The van der Waals surface area contributed by atoms with E-state index in [-0.39, 0.29) is 24.0 Å². The van der Waals surface area contributed by atoms with Crippen molar-refractivity contribution in [2.75, 3.05) is 6.61 Å².